The van der Waals surface area contributed by atoms with E-state index in [1.165, 1.54) is 6.08 Å². The molecule has 4 nitrogen and oxygen atoms in total. The Morgan fingerprint density at radius 3 is 3.00 bits per heavy atom. The minimum absolute atomic E-state index is 0.141. The van der Waals surface area contributed by atoms with E-state index in [4.69, 9.17) is 5.11 Å². The second kappa shape index (κ2) is 7.36. The fraction of sp³-hybridized carbons (Fsp3) is 0.444. The predicted molar refractivity (Wildman–Crippen MR) is 50.1 cm³/mol. The van der Waals surface area contributed by atoms with Crippen molar-refractivity contribution in [2.75, 3.05) is 6.61 Å². The normalized spacial score (nSPS) is 12.5. The maximum Gasteiger partial charge on any atom is 0.409 e. The van der Waals surface area contributed by atoms with Gasteiger partial charge in [-0.1, -0.05) is 24.8 Å². The average molecular weight is 185 g/mol. The lowest BCUT2D eigenvalue weighted by Crippen LogP contribution is -2.34. The van der Waals surface area contributed by atoms with E-state index >= 15 is 0 Å². The van der Waals surface area contributed by atoms with E-state index in [1.54, 1.807) is 12.2 Å². The highest BCUT2D eigenvalue weighted by Crippen LogP contribution is 1.90. The lowest BCUT2D eigenvalue weighted by atomic mass is 10.3. The standard InChI is InChI=1S/C9H15NO3/c1-3-5-6-8(11)10-9(12)13-7-4-2/h3-5,8,11H,2,6-7H2,1H3,(H,10,12)/b5-3-. The van der Waals surface area contributed by atoms with Crippen molar-refractivity contribution in [2.45, 2.75) is 19.6 Å². The molecule has 74 valence electrons. The maximum absolute atomic E-state index is 10.8. The van der Waals surface area contributed by atoms with Crippen LogP contribution < -0.4 is 5.32 Å². The van der Waals surface area contributed by atoms with Gasteiger partial charge < -0.3 is 9.84 Å². The maximum atomic E-state index is 10.8. The van der Waals surface area contributed by atoms with Gasteiger partial charge in [0.05, 0.1) is 0 Å². The van der Waals surface area contributed by atoms with Gasteiger partial charge in [-0.2, -0.15) is 0 Å². The van der Waals surface area contributed by atoms with Crippen LogP contribution in [0, 0.1) is 0 Å². The fourth-order valence-electron chi connectivity index (χ4n) is 0.636. The molecule has 0 rings (SSSR count). The van der Waals surface area contributed by atoms with Gasteiger partial charge >= 0.3 is 6.09 Å². The highest BCUT2D eigenvalue weighted by atomic mass is 16.5. The number of alkyl carbamates (subject to hydrolysis) is 1. The van der Waals surface area contributed by atoms with Crippen LogP contribution in [0.4, 0.5) is 4.79 Å². The minimum atomic E-state index is -0.895. The average Bonchev–Trinajstić information content (AvgIpc) is 2.11. The van der Waals surface area contributed by atoms with Crippen molar-refractivity contribution in [1.82, 2.24) is 5.32 Å². The van der Waals surface area contributed by atoms with Gasteiger partial charge in [-0.05, 0) is 6.92 Å². The van der Waals surface area contributed by atoms with Gasteiger partial charge in [-0.25, -0.2) is 4.79 Å². The highest BCUT2D eigenvalue weighted by molar-refractivity contribution is 5.67. The summed E-state index contributed by atoms with van der Waals surface area (Å²) in [7, 11) is 0. The van der Waals surface area contributed by atoms with Gasteiger partial charge in [0, 0.05) is 6.42 Å². The third-order valence-corrected chi connectivity index (χ3v) is 1.21. The van der Waals surface area contributed by atoms with Crippen molar-refractivity contribution < 1.29 is 14.6 Å². The number of hydrogen-bond acceptors (Lipinski definition) is 3. The molecule has 0 spiro atoms. The monoisotopic (exact) mass is 185 g/mol. The Kier molecular flexibility index (Phi) is 6.63. The largest absolute Gasteiger partial charge is 0.445 e. The first kappa shape index (κ1) is 11.7. The summed E-state index contributed by atoms with van der Waals surface area (Å²) >= 11 is 0. The SMILES string of the molecule is C=CCOC(=O)NC(O)C/C=C\C. The zero-order chi connectivity index (χ0) is 10.1. The van der Waals surface area contributed by atoms with Gasteiger partial charge in [0.25, 0.3) is 0 Å². The van der Waals surface area contributed by atoms with Crippen LogP contribution in [0.15, 0.2) is 24.8 Å². The van der Waals surface area contributed by atoms with Crippen molar-refractivity contribution in [3.05, 3.63) is 24.8 Å². The smallest absolute Gasteiger partial charge is 0.409 e. The molecule has 0 aromatic rings. The summed E-state index contributed by atoms with van der Waals surface area (Å²) in [5.74, 6) is 0. The van der Waals surface area contributed by atoms with E-state index in [1.807, 2.05) is 6.92 Å². The molecule has 0 aliphatic heterocycles. The summed E-state index contributed by atoms with van der Waals surface area (Å²) < 4.78 is 4.59. The topological polar surface area (TPSA) is 58.6 Å². The third-order valence-electron chi connectivity index (χ3n) is 1.21. The zero-order valence-corrected chi connectivity index (χ0v) is 7.69. The molecule has 13 heavy (non-hydrogen) atoms. The molecule has 0 saturated carbocycles. The zero-order valence-electron chi connectivity index (χ0n) is 7.69. The van der Waals surface area contributed by atoms with E-state index in [0.29, 0.717) is 6.42 Å². The Bertz CT molecular complexity index is 189. The Morgan fingerprint density at radius 1 is 1.77 bits per heavy atom. The summed E-state index contributed by atoms with van der Waals surface area (Å²) in [6.45, 7) is 5.36. The van der Waals surface area contributed by atoms with Crippen LogP contribution in [0.1, 0.15) is 13.3 Å². The predicted octanol–water partition coefficient (Wildman–Crippen LogP) is 1.18. The third kappa shape index (κ3) is 7.08. The number of hydrogen-bond donors (Lipinski definition) is 2. The molecule has 4 heteroatoms. The molecule has 1 atom stereocenters. The molecular formula is C9H15NO3. The fourth-order valence-corrected chi connectivity index (χ4v) is 0.636. The molecule has 0 fully saturated rings. The Morgan fingerprint density at radius 2 is 2.46 bits per heavy atom. The number of ether oxygens (including phenoxy) is 1. The van der Waals surface area contributed by atoms with E-state index in [0.717, 1.165) is 0 Å². The van der Waals surface area contributed by atoms with Crippen molar-refractivity contribution in [3.8, 4) is 0 Å². The van der Waals surface area contributed by atoms with Crippen LogP contribution in [0.2, 0.25) is 0 Å². The van der Waals surface area contributed by atoms with E-state index in [9.17, 15) is 4.79 Å². The first-order valence-corrected chi connectivity index (χ1v) is 4.04. The quantitative estimate of drug-likeness (QED) is 0.499. The van der Waals surface area contributed by atoms with E-state index < -0.39 is 12.3 Å². The number of amides is 1. The number of nitrogens with one attached hydrogen (secondary N) is 1. The molecule has 0 radical (unpaired) electrons. The highest BCUT2D eigenvalue weighted by Gasteiger charge is 2.06. The molecular weight excluding hydrogens is 170 g/mol. The lowest BCUT2D eigenvalue weighted by Gasteiger charge is -2.09. The second-order valence-electron chi connectivity index (χ2n) is 2.35. The molecule has 1 amide bonds. The number of rotatable bonds is 5. The van der Waals surface area contributed by atoms with Crippen LogP contribution in [0.3, 0.4) is 0 Å². The molecule has 1 unspecified atom stereocenters. The second-order valence-corrected chi connectivity index (χ2v) is 2.35. The summed E-state index contributed by atoms with van der Waals surface area (Å²) in [6, 6.07) is 0. The number of aliphatic hydroxyl groups is 1. The van der Waals surface area contributed by atoms with Crippen LogP contribution in [0.5, 0.6) is 0 Å². The molecule has 0 aliphatic carbocycles. The van der Waals surface area contributed by atoms with Gasteiger partial charge in [-0.3, -0.25) is 5.32 Å². The van der Waals surface area contributed by atoms with Crippen LogP contribution in [0.25, 0.3) is 0 Å². The van der Waals surface area contributed by atoms with E-state index in [-0.39, 0.29) is 6.61 Å². The number of aliphatic hydroxyl groups excluding tert-OH is 1. The lowest BCUT2D eigenvalue weighted by molar-refractivity contribution is 0.106. The molecule has 0 aromatic carbocycles. The molecule has 2 N–H and O–H groups in total. The Hall–Kier alpha value is -1.29. The summed E-state index contributed by atoms with van der Waals surface area (Å²) in [5.41, 5.74) is 0. The minimum Gasteiger partial charge on any atom is -0.445 e. The van der Waals surface area contributed by atoms with Crippen LogP contribution in [-0.4, -0.2) is 24.0 Å². The molecule has 0 heterocycles. The number of allylic oxidation sites excluding steroid dienone is 1. The Balaban J connectivity index is 3.58. The van der Waals surface area contributed by atoms with Crippen molar-refractivity contribution in [1.29, 1.82) is 0 Å². The first-order chi connectivity index (χ1) is 6.20. The molecule has 0 bridgehead atoms. The van der Waals surface area contributed by atoms with Crippen molar-refractivity contribution in [3.63, 3.8) is 0 Å². The summed E-state index contributed by atoms with van der Waals surface area (Å²) in [6.07, 6.45) is 3.83. The molecule has 0 aromatic heterocycles. The van der Waals surface area contributed by atoms with Crippen LogP contribution in [-0.2, 0) is 4.74 Å². The van der Waals surface area contributed by atoms with Crippen molar-refractivity contribution in [2.24, 2.45) is 0 Å². The van der Waals surface area contributed by atoms with E-state index in [2.05, 4.69) is 16.6 Å². The van der Waals surface area contributed by atoms with Gasteiger partial charge in [0.2, 0.25) is 0 Å². The Labute approximate surface area is 77.9 Å². The van der Waals surface area contributed by atoms with Gasteiger partial charge in [-0.15, -0.1) is 0 Å². The van der Waals surface area contributed by atoms with Gasteiger partial charge in [0.1, 0.15) is 12.8 Å². The van der Waals surface area contributed by atoms with Crippen molar-refractivity contribution >= 4 is 6.09 Å². The number of carbonyl (C=O) groups excluding carboxylic acids is 1. The summed E-state index contributed by atoms with van der Waals surface area (Å²) in [5, 5.41) is 11.4. The molecule has 0 saturated heterocycles. The number of carbonyl (C=O) groups is 1. The first-order valence-electron chi connectivity index (χ1n) is 4.04. The molecule has 0 aliphatic rings. The van der Waals surface area contributed by atoms with Gasteiger partial charge in [0.15, 0.2) is 0 Å². The summed E-state index contributed by atoms with van der Waals surface area (Å²) in [4.78, 5) is 10.8. The van der Waals surface area contributed by atoms with Crippen LogP contribution >= 0.6 is 0 Å².